The van der Waals surface area contributed by atoms with Gasteiger partial charge in [-0.3, -0.25) is 9.78 Å². The van der Waals surface area contributed by atoms with Crippen LogP contribution < -0.4 is 4.90 Å². The van der Waals surface area contributed by atoms with Crippen LogP contribution in [0.15, 0.2) is 48.9 Å². The van der Waals surface area contributed by atoms with Gasteiger partial charge in [-0.15, -0.1) is 11.8 Å². The summed E-state index contributed by atoms with van der Waals surface area (Å²) < 4.78 is 0. The molecule has 0 atom stereocenters. The quantitative estimate of drug-likeness (QED) is 0.841. The van der Waals surface area contributed by atoms with Crippen LogP contribution in [0.2, 0.25) is 0 Å². The van der Waals surface area contributed by atoms with Gasteiger partial charge >= 0.3 is 0 Å². The van der Waals surface area contributed by atoms with Gasteiger partial charge in [0.15, 0.2) is 0 Å². The van der Waals surface area contributed by atoms with Crippen LogP contribution in [0.25, 0.3) is 0 Å². The number of rotatable bonds is 5. The second-order valence-electron chi connectivity index (χ2n) is 5.41. The van der Waals surface area contributed by atoms with Crippen molar-refractivity contribution in [3.05, 3.63) is 54.5 Å². The molecule has 0 aliphatic carbocycles. The molecule has 0 spiro atoms. The van der Waals surface area contributed by atoms with Crippen LogP contribution in [0.3, 0.4) is 0 Å². The zero-order chi connectivity index (χ0) is 15.9. The smallest absolute Gasteiger partial charge is 0.232 e. The molecule has 5 nitrogen and oxygen atoms in total. The molecule has 1 aliphatic heterocycles. The molecule has 0 saturated carbocycles. The molecule has 2 heterocycles. The van der Waals surface area contributed by atoms with Crippen molar-refractivity contribution in [2.45, 2.75) is 5.75 Å². The molecule has 0 bridgehead atoms. The molecule has 3 rings (SSSR count). The Morgan fingerprint density at radius 1 is 1.09 bits per heavy atom. The molecule has 23 heavy (non-hydrogen) atoms. The second kappa shape index (κ2) is 7.97. The number of benzene rings is 1. The number of amides is 1. The minimum Gasteiger partial charge on any atom is -0.352 e. The fourth-order valence-electron chi connectivity index (χ4n) is 2.56. The van der Waals surface area contributed by atoms with Crippen LogP contribution >= 0.6 is 11.8 Å². The summed E-state index contributed by atoms with van der Waals surface area (Å²) >= 11 is 1.68. The van der Waals surface area contributed by atoms with E-state index in [1.165, 1.54) is 5.56 Å². The molecule has 1 aromatic heterocycles. The van der Waals surface area contributed by atoms with Gasteiger partial charge in [0.25, 0.3) is 0 Å². The molecule has 6 heteroatoms. The third-order valence-electron chi connectivity index (χ3n) is 3.84. The topological polar surface area (TPSA) is 49.3 Å². The van der Waals surface area contributed by atoms with Gasteiger partial charge in [-0.25, -0.2) is 4.98 Å². The van der Waals surface area contributed by atoms with Gasteiger partial charge in [-0.05, 0) is 5.56 Å². The maximum Gasteiger partial charge on any atom is 0.232 e. The standard InChI is InChI=1S/C17H20N4OS/c22-17(14-23-13-15-4-2-1-3-5-15)21-10-8-20(9-11-21)16-12-18-6-7-19-16/h1-7,12H,8-11,13-14H2. The van der Waals surface area contributed by atoms with Gasteiger partial charge in [-0.1, -0.05) is 30.3 Å². The first kappa shape index (κ1) is 15.8. The first-order valence-corrected chi connectivity index (χ1v) is 8.89. The van der Waals surface area contributed by atoms with E-state index in [1.807, 2.05) is 23.1 Å². The summed E-state index contributed by atoms with van der Waals surface area (Å²) in [5.74, 6) is 2.54. The number of hydrogen-bond donors (Lipinski definition) is 0. The lowest BCUT2D eigenvalue weighted by atomic mass is 10.2. The molecular weight excluding hydrogens is 308 g/mol. The van der Waals surface area contributed by atoms with Gasteiger partial charge in [0.2, 0.25) is 5.91 Å². The predicted octanol–water partition coefficient (Wildman–Crippen LogP) is 2.06. The van der Waals surface area contributed by atoms with Gasteiger partial charge in [0, 0.05) is 44.3 Å². The molecular formula is C17H20N4OS. The third kappa shape index (κ3) is 4.45. The first-order valence-electron chi connectivity index (χ1n) is 7.73. The van der Waals surface area contributed by atoms with Crippen LogP contribution in [0.4, 0.5) is 5.82 Å². The average Bonchev–Trinajstić information content (AvgIpc) is 2.63. The summed E-state index contributed by atoms with van der Waals surface area (Å²) in [7, 11) is 0. The first-order chi connectivity index (χ1) is 11.3. The number of aromatic nitrogens is 2. The molecule has 1 fully saturated rings. The minimum atomic E-state index is 0.227. The fourth-order valence-corrected chi connectivity index (χ4v) is 3.45. The maximum absolute atomic E-state index is 12.3. The van der Waals surface area contributed by atoms with Gasteiger partial charge in [0.1, 0.15) is 5.82 Å². The normalized spacial score (nSPS) is 14.8. The van der Waals surface area contributed by atoms with Gasteiger partial charge in [-0.2, -0.15) is 0 Å². The zero-order valence-corrected chi connectivity index (χ0v) is 13.8. The number of anilines is 1. The van der Waals surface area contributed by atoms with E-state index in [4.69, 9.17) is 0 Å². The summed E-state index contributed by atoms with van der Waals surface area (Å²) in [6.07, 6.45) is 5.15. The Morgan fingerprint density at radius 2 is 1.87 bits per heavy atom. The number of hydrogen-bond acceptors (Lipinski definition) is 5. The fraction of sp³-hybridized carbons (Fsp3) is 0.353. The highest BCUT2D eigenvalue weighted by Crippen LogP contribution is 2.15. The Morgan fingerprint density at radius 3 is 2.57 bits per heavy atom. The number of thioether (sulfide) groups is 1. The van der Waals surface area contributed by atoms with E-state index >= 15 is 0 Å². The summed E-state index contributed by atoms with van der Waals surface area (Å²) in [6.45, 7) is 3.13. The van der Waals surface area contributed by atoms with E-state index in [2.05, 4.69) is 27.0 Å². The molecule has 0 unspecified atom stereocenters. The Balaban J connectivity index is 1.41. The average molecular weight is 328 g/mol. The van der Waals surface area contributed by atoms with Crippen molar-refractivity contribution >= 4 is 23.5 Å². The molecule has 1 aromatic carbocycles. The van der Waals surface area contributed by atoms with Crippen molar-refractivity contribution in [2.24, 2.45) is 0 Å². The van der Waals surface area contributed by atoms with Crippen molar-refractivity contribution in [3.63, 3.8) is 0 Å². The Labute approximate surface area is 140 Å². The van der Waals surface area contributed by atoms with E-state index in [-0.39, 0.29) is 5.91 Å². The summed E-state index contributed by atoms with van der Waals surface area (Å²) in [4.78, 5) is 24.8. The molecule has 120 valence electrons. The van der Waals surface area contributed by atoms with Crippen molar-refractivity contribution in [3.8, 4) is 0 Å². The lowest BCUT2D eigenvalue weighted by Crippen LogP contribution is -2.49. The van der Waals surface area contributed by atoms with Crippen LogP contribution in [-0.4, -0.2) is 52.7 Å². The Kier molecular flexibility index (Phi) is 5.47. The molecule has 1 aliphatic rings. The van der Waals surface area contributed by atoms with E-state index in [1.54, 1.807) is 30.4 Å². The van der Waals surface area contributed by atoms with Crippen molar-refractivity contribution in [1.82, 2.24) is 14.9 Å². The summed E-state index contributed by atoms with van der Waals surface area (Å²) in [5, 5.41) is 0. The predicted molar refractivity (Wildman–Crippen MR) is 93.4 cm³/mol. The molecule has 0 radical (unpaired) electrons. The van der Waals surface area contributed by atoms with Crippen LogP contribution in [0, 0.1) is 0 Å². The Hall–Kier alpha value is -2.08. The van der Waals surface area contributed by atoms with Gasteiger partial charge in [0.05, 0.1) is 11.9 Å². The SMILES string of the molecule is O=C(CSCc1ccccc1)N1CCN(c2cnccn2)CC1. The zero-order valence-electron chi connectivity index (χ0n) is 13.0. The highest BCUT2D eigenvalue weighted by molar-refractivity contribution is 7.99. The highest BCUT2D eigenvalue weighted by atomic mass is 32.2. The number of piperazine rings is 1. The largest absolute Gasteiger partial charge is 0.352 e. The minimum absolute atomic E-state index is 0.227. The van der Waals surface area contributed by atoms with Crippen molar-refractivity contribution < 1.29 is 4.79 Å². The molecule has 0 N–H and O–H groups in total. The maximum atomic E-state index is 12.3. The van der Waals surface area contributed by atoms with E-state index < -0.39 is 0 Å². The number of carbonyl (C=O) groups excluding carboxylic acids is 1. The summed E-state index contributed by atoms with van der Waals surface area (Å²) in [6, 6.07) is 10.3. The van der Waals surface area contributed by atoms with E-state index in [0.29, 0.717) is 5.75 Å². The highest BCUT2D eigenvalue weighted by Gasteiger charge is 2.21. The lowest BCUT2D eigenvalue weighted by Gasteiger charge is -2.35. The second-order valence-corrected chi connectivity index (χ2v) is 6.40. The molecule has 1 saturated heterocycles. The van der Waals surface area contributed by atoms with Gasteiger partial charge < -0.3 is 9.80 Å². The van der Waals surface area contributed by atoms with E-state index in [0.717, 1.165) is 37.7 Å². The molecule has 2 aromatic rings. The monoisotopic (exact) mass is 328 g/mol. The van der Waals surface area contributed by atoms with E-state index in [9.17, 15) is 4.79 Å². The molecule has 1 amide bonds. The van der Waals surface area contributed by atoms with Crippen LogP contribution in [-0.2, 0) is 10.5 Å². The third-order valence-corrected chi connectivity index (χ3v) is 4.83. The van der Waals surface area contributed by atoms with Crippen LogP contribution in [0.1, 0.15) is 5.56 Å². The van der Waals surface area contributed by atoms with Crippen molar-refractivity contribution in [2.75, 3.05) is 36.8 Å². The van der Waals surface area contributed by atoms with Crippen molar-refractivity contribution in [1.29, 1.82) is 0 Å². The number of nitrogens with zero attached hydrogens (tertiary/aromatic N) is 4. The lowest BCUT2D eigenvalue weighted by molar-refractivity contribution is -0.128. The van der Waals surface area contributed by atoms with Crippen LogP contribution in [0.5, 0.6) is 0 Å². The summed E-state index contributed by atoms with van der Waals surface area (Å²) in [5.41, 5.74) is 1.26. The Bertz CT molecular complexity index is 615. The number of carbonyl (C=O) groups is 1.